The van der Waals surface area contributed by atoms with E-state index >= 15 is 0 Å². The highest BCUT2D eigenvalue weighted by atomic mass is 35.5. The lowest BCUT2D eigenvalue weighted by Crippen LogP contribution is -2.29. The van der Waals surface area contributed by atoms with Crippen molar-refractivity contribution in [1.29, 1.82) is 5.26 Å². The maximum Gasteiger partial charge on any atom is 0.416 e. The SMILES string of the molecule is Cc1cc(-c2cc(Cl)ccc2OCCn2c(C)nc3cc(C(F)(F)F)c(CN(C)C)c(C#N)c3c2=O)c2scc(C(=O)NS(C)(=O)=O)c2n1. The Kier molecular flexibility index (Phi) is 9.77. The van der Waals surface area contributed by atoms with Gasteiger partial charge in [-0.1, -0.05) is 11.6 Å². The van der Waals surface area contributed by atoms with Gasteiger partial charge in [0, 0.05) is 33.8 Å². The zero-order valence-electron chi connectivity index (χ0n) is 26.7. The highest BCUT2D eigenvalue weighted by Crippen LogP contribution is 2.41. The van der Waals surface area contributed by atoms with Crippen LogP contribution >= 0.6 is 22.9 Å². The van der Waals surface area contributed by atoms with Crippen LogP contribution in [0, 0.1) is 25.2 Å². The summed E-state index contributed by atoms with van der Waals surface area (Å²) >= 11 is 7.55. The van der Waals surface area contributed by atoms with Gasteiger partial charge in [-0.25, -0.2) is 18.1 Å². The van der Waals surface area contributed by atoms with E-state index < -0.39 is 33.2 Å². The number of carbonyl (C=O) groups is 1. The van der Waals surface area contributed by atoms with Crippen LogP contribution in [0.25, 0.3) is 32.2 Å². The van der Waals surface area contributed by atoms with Crippen LogP contribution in [0.1, 0.15) is 38.6 Å². The Morgan fingerprint density at radius 3 is 2.51 bits per heavy atom. The van der Waals surface area contributed by atoms with Gasteiger partial charge in [0.2, 0.25) is 10.0 Å². The third-order valence-corrected chi connectivity index (χ3v) is 9.21. The molecule has 0 saturated heterocycles. The van der Waals surface area contributed by atoms with Gasteiger partial charge >= 0.3 is 6.18 Å². The Morgan fingerprint density at radius 1 is 1.16 bits per heavy atom. The first-order chi connectivity index (χ1) is 22.9. The first kappa shape index (κ1) is 35.7. The van der Waals surface area contributed by atoms with Crippen LogP contribution in [0.4, 0.5) is 13.2 Å². The normalized spacial score (nSPS) is 12.1. The summed E-state index contributed by atoms with van der Waals surface area (Å²) in [6.45, 7) is 2.81. The van der Waals surface area contributed by atoms with Gasteiger partial charge in [-0.05, 0) is 63.8 Å². The number of aryl methyl sites for hydroxylation is 2. The first-order valence-electron chi connectivity index (χ1n) is 14.4. The summed E-state index contributed by atoms with van der Waals surface area (Å²) in [5, 5.41) is 11.6. The molecular weight excluding hydrogens is 705 g/mol. The molecule has 1 amide bonds. The molecule has 1 N–H and O–H groups in total. The second kappa shape index (κ2) is 13.4. The van der Waals surface area contributed by atoms with Crippen LogP contribution in [0.15, 0.2) is 40.5 Å². The van der Waals surface area contributed by atoms with E-state index in [4.69, 9.17) is 16.3 Å². The van der Waals surface area contributed by atoms with Gasteiger partial charge in [-0.15, -0.1) is 11.3 Å². The van der Waals surface area contributed by atoms with Gasteiger partial charge in [0.05, 0.1) is 50.6 Å². The molecule has 0 radical (unpaired) electrons. The van der Waals surface area contributed by atoms with Crippen molar-refractivity contribution in [3.63, 3.8) is 0 Å². The fourth-order valence-electron chi connectivity index (χ4n) is 5.46. The minimum absolute atomic E-state index is 0.0653. The minimum Gasteiger partial charge on any atom is -0.491 e. The Balaban J connectivity index is 1.53. The Hall–Kier alpha value is -4.56. The van der Waals surface area contributed by atoms with E-state index in [0.29, 0.717) is 32.3 Å². The topological polar surface area (TPSA) is 147 Å². The standard InChI is InChI=1S/C32H28ClF3N6O5S2/c1-16-10-20(29-28(38-16)23(15-48-29)30(43)40-49(5,45)46)19-11-18(33)6-7-26(19)47-9-8-42-17(2)39-25-12-24(32(34,35)36)22(14-41(3)4)21(13-37)27(25)31(42)44/h6-7,10-12,15H,8-9,14H2,1-5H3,(H,40,43). The maximum atomic E-state index is 14.0. The van der Waals surface area contributed by atoms with E-state index in [-0.39, 0.29) is 58.6 Å². The van der Waals surface area contributed by atoms with Crippen molar-refractivity contribution in [2.75, 3.05) is 27.0 Å². The summed E-state index contributed by atoms with van der Waals surface area (Å²) in [4.78, 5) is 36.7. The zero-order chi connectivity index (χ0) is 36.0. The van der Waals surface area contributed by atoms with E-state index in [1.54, 1.807) is 45.3 Å². The van der Waals surface area contributed by atoms with Crippen LogP contribution in [0.2, 0.25) is 5.02 Å². The fourth-order valence-corrected chi connectivity index (χ4v) is 7.09. The first-order valence-corrected chi connectivity index (χ1v) is 17.6. The number of thiophene rings is 1. The largest absolute Gasteiger partial charge is 0.491 e. The van der Waals surface area contributed by atoms with Crippen molar-refractivity contribution in [2.45, 2.75) is 33.1 Å². The number of alkyl halides is 3. The highest BCUT2D eigenvalue weighted by Gasteiger charge is 2.36. The summed E-state index contributed by atoms with van der Waals surface area (Å²) in [6, 6.07) is 9.26. The molecule has 3 aromatic heterocycles. The van der Waals surface area contributed by atoms with Crippen molar-refractivity contribution >= 4 is 60.0 Å². The summed E-state index contributed by atoms with van der Waals surface area (Å²) in [7, 11) is -0.704. The molecule has 0 saturated carbocycles. The fraction of sp³-hybridized carbons (Fsp3) is 0.281. The third kappa shape index (κ3) is 7.39. The number of nitriles is 1. The number of amides is 1. The van der Waals surface area contributed by atoms with Crippen LogP contribution in [0.3, 0.4) is 0 Å². The number of ether oxygens (including phenoxy) is 1. The number of benzene rings is 2. The Bertz CT molecular complexity index is 2370. The number of halogens is 4. The molecule has 11 nitrogen and oxygen atoms in total. The molecule has 0 aliphatic rings. The second-order valence-electron chi connectivity index (χ2n) is 11.5. The van der Waals surface area contributed by atoms with Gasteiger partial charge in [-0.2, -0.15) is 18.4 Å². The van der Waals surface area contributed by atoms with E-state index in [1.165, 1.54) is 33.1 Å². The molecule has 5 aromatic rings. The van der Waals surface area contributed by atoms with Crippen molar-refractivity contribution in [1.82, 2.24) is 24.2 Å². The molecule has 0 aliphatic heterocycles. The number of fused-ring (bicyclic) bond motifs is 2. The lowest BCUT2D eigenvalue weighted by atomic mass is 9.96. The molecule has 5 rings (SSSR count). The number of nitrogens with one attached hydrogen (secondary N) is 1. The quantitative estimate of drug-likeness (QED) is 0.203. The van der Waals surface area contributed by atoms with E-state index in [1.807, 2.05) is 10.8 Å². The number of rotatable bonds is 9. The van der Waals surface area contributed by atoms with Gasteiger partial charge in [0.15, 0.2) is 0 Å². The van der Waals surface area contributed by atoms with E-state index in [2.05, 4.69) is 9.97 Å². The lowest BCUT2D eigenvalue weighted by Gasteiger charge is -2.20. The number of sulfonamides is 1. The number of pyridine rings is 1. The van der Waals surface area contributed by atoms with Crippen molar-refractivity contribution in [3.05, 3.63) is 84.9 Å². The molecule has 0 unspecified atom stereocenters. The number of nitrogens with zero attached hydrogens (tertiary/aromatic N) is 5. The monoisotopic (exact) mass is 732 g/mol. The molecular formula is C32H28ClF3N6O5S2. The van der Waals surface area contributed by atoms with Crippen molar-refractivity contribution < 1.29 is 31.1 Å². The highest BCUT2D eigenvalue weighted by molar-refractivity contribution is 7.89. The number of aromatic nitrogens is 3. The Morgan fingerprint density at radius 2 is 1.88 bits per heavy atom. The summed E-state index contributed by atoms with van der Waals surface area (Å²) in [6.07, 6.45) is -3.90. The zero-order valence-corrected chi connectivity index (χ0v) is 29.1. The van der Waals surface area contributed by atoms with Crippen LogP contribution in [-0.2, 0) is 29.3 Å². The number of hydrogen-bond acceptors (Lipinski definition) is 10. The van der Waals surface area contributed by atoms with Crippen molar-refractivity contribution in [3.8, 4) is 22.9 Å². The molecule has 0 fully saturated rings. The maximum absolute atomic E-state index is 14.0. The smallest absolute Gasteiger partial charge is 0.416 e. The number of hydrogen-bond donors (Lipinski definition) is 1. The summed E-state index contributed by atoms with van der Waals surface area (Å²) < 4.78 is 75.4. The average Bonchev–Trinajstić information content (AvgIpc) is 3.41. The molecule has 49 heavy (non-hydrogen) atoms. The van der Waals surface area contributed by atoms with Crippen molar-refractivity contribution in [2.24, 2.45) is 0 Å². The van der Waals surface area contributed by atoms with E-state index in [9.17, 15) is 36.4 Å². The molecule has 0 spiro atoms. The molecule has 0 atom stereocenters. The van der Waals surface area contributed by atoms with E-state index in [0.717, 1.165) is 12.3 Å². The molecule has 3 heterocycles. The molecule has 0 bridgehead atoms. The van der Waals surface area contributed by atoms with Crippen LogP contribution < -0.4 is 15.0 Å². The minimum atomic E-state index is -4.77. The lowest BCUT2D eigenvalue weighted by molar-refractivity contribution is -0.138. The van der Waals surface area contributed by atoms with Gasteiger partial charge in [-0.3, -0.25) is 19.1 Å². The summed E-state index contributed by atoms with van der Waals surface area (Å²) in [5.74, 6) is -0.347. The van der Waals surface area contributed by atoms with Gasteiger partial charge in [0.1, 0.15) is 24.3 Å². The number of carbonyl (C=O) groups excluding carboxylic acids is 1. The molecule has 2 aromatic carbocycles. The average molecular weight is 733 g/mol. The predicted molar refractivity (Wildman–Crippen MR) is 180 cm³/mol. The van der Waals surface area contributed by atoms with Crippen LogP contribution in [-0.4, -0.2) is 60.7 Å². The van der Waals surface area contributed by atoms with Gasteiger partial charge < -0.3 is 9.64 Å². The van der Waals surface area contributed by atoms with Crippen LogP contribution in [0.5, 0.6) is 5.75 Å². The molecule has 0 aliphatic carbocycles. The second-order valence-corrected chi connectivity index (χ2v) is 14.5. The molecule has 256 valence electrons. The Labute approximate surface area is 287 Å². The third-order valence-electron chi connectivity index (χ3n) is 7.42. The summed E-state index contributed by atoms with van der Waals surface area (Å²) in [5.41, 5.74) is -0.615. The predicted octanol–water partition coefficient (Wildman–Crippen LogP) is 5.66. The van der Waals surface area contributed by atoms with Gasteiger partial charge in [0.25, 0.3) is 11.5 Å². The molecule has 17 heteroatoms.